The lowest BCUT2D eigenvalue weighted by Crippen LogP contribution is -2.09. The van der Waals surface area contributed by atoms with E-state index < -0.39 is 15.6 Å². The molecule has 0 saturated carbocycles. The fourth-order valence-electron chi connectivity index (χ4n) is 1.97. The number of amides is 1. The first-order valence-corrected chi connectivity index (χ1v) is 12.1. The molecule has 11 heteroatoms. The van der Waals surface area contributed by atoms with E-state index in [0.717, 1.165) is 12.8 Å². The predicted molar refractivity (Wildman–Crippen MR) is 100 cm³/mol. The van der Waals surface area contributed by atoms with E-state index in [1.165, 1.54) is 44.9 Å². The zero-order valence-electron chi connectivity index (χ0n) is 15.8. The maximum absolute atomic E-state index is 10.6. The summed E-state index contributed by atoms with van der Waals surface area (Å²) in [4.78, 5) is 35.3. The third kappa shape index (κ3) is 26.0. The first-order valence-electron chi connectivity index (χ1n) is 9.06. The number of hydrogen-bond acceptors (Lipinski definition) is 5. The van der Waals surface area contributed by atoms with Crippen LogP contribution in [0.2, 0.25) is 0 Å². The van der Waals surface area contributed by atoms with Gasteiger partial charge in [-0.15, -0.1) is 0 Å². The fraction of sp³-hybridized carbons (Fsp3) is 0.933. The lowest BCUT2D eigenvalue weighted by molar-refractivity contribution is -0.118. The molecule has 0 aliphatic rings. The van der Waals surface area contributed by atoms with Crippen molar-refractivity contribution in [2.45, 2.75) is 84.5 Å². The number of hydrogen-bond donors (Lipinski definition) is 4. The molecule has 0 aromatic rings. The van der Waals surface area contributed by atoms with Crippen LogP contribution < -0.4 is 5.73 Å². The molecule has 0 spiro atoms. The van der Waals surface area contributed by atoms with Crippen molar-refractivity contribution in [1.82, 2.24) is 0 Å². The molecule has 0 saturated heterocycles. The number of carbonyl (C=O) groups excluding carboxylic acids is 1. The summed E-state index contributed by atoms with van der Waals surface area (Å²) in [6.07, 6.45) is 12.5. The van der Waals surface area contributed by atoms with E-state index in [2.05, 4.69) is 15.8 Å². The van der Waals surface area contributed by atoms with Crippen LogP contribution in [0.15, 0.2) is 0 Å². The number of primary amides is 1. The molecule has 0 radical (unpaired) electrons. The van der Waals surface area contributed by atoms with E-state index in [0.29, 0.717) is 12.8 Å². The van der Waals surface area contributed by atoms with Crippen molar-refractivity contribution < 1.29 is 37.4 Å². The average Bonchev–Trinajstić information content (AvgIpc) is 2.49. The molecule has 0 aromatic heterocycles. The van der Waals surface area contributed by atoms with Gasteiger partial charge in [-0.25, -0.2) is 9.13 Å². The highest BCUT2D eigenvalue weighted by molar-refractivity contribution is 7.60. The maximum atomic E-state index is 10.6. The quantitative estimate of drug-likeness (QED) is 0.229. The number of phosphoric ester groups is 1. The number of unbranched alkanes of at least 4 members (excludes halogenated alkanes) is 8. The number of phosphoric acid groups is 2. The van der Waals surface area contributed by atoms with Crippen LogP contribution in [0.25, 0.3) is 0 Å². The van der Waals surface area contributed by atoms with Crippen LogP contribution in [0.3, 0.4) is 0 Å². The first-order chi connectivity index (χ1) is 12.0. The van der Waals surface area contributed by atoms with Crippen molar-refractivity contribution in [1.29, 1.82) is 0 Å². The summed E-state index contributed by atoms with van der Waals surface area (Å²) in [7, 11) is -9.56. The van der Waals surface area contributed by atoms with Crippen LogP contribution in [0.4, 0.5) is 0 Å². The van der Waals surface area contributed by atoms with Crippen LogP contribution in [0.5, 0.6) is 0 Å². The Hall–Kier alpha value is -0.270. The minimum atomic E-state index is -4.97. The molecule has 1 atom stereocenters. The molecule has 0 aliphatic heterocycles. The Morgan fingerprint density at radius 1 is 0.846 bits per heavy atom. The molecule has 0 aromatic carbocycles. The molecule has 0 fully saturated rings. The summed E-state index contributed by atoms with van der Waals surface area (Å²) in [6, 6.07) is 0. The summed E-state index contributed by atoms with van der Waals surface area (Å²) >= 11 is 0. The van der Waals surface area contributed by atoms with Crippen molar-refractivity contribution in [2.75, 3.05) is 6.61 Å². The van der Waals surface area contributed by atoms with Crippen LogP contribution in [0.1, 0.15) is 84.5 Å². The van der Waals surface area contributed by atoms with Gasteiger partial charge in [0.15, 0.2) is 0 Å². The monoisotopic (exact) mass is 419 g/mol. The van der Waals surface area contributed by atoms with Crippen molar-refractivity contribution in [3.63, 3.8) is 0 Å². The molecule has 9 nitrogen and oxygen atoms in total. The Morgan fingerprint density at radius 2 is 1.31 bits per heavy atom. The van der Waals surface area contributed by atoms with Gasteiger partial charge in [-0.05, 0) is 12.8 Å². The van der Waals surface area contributed by atoms with Gasteiger partial charge in [-0.2, -0.15) is 4.31 Å². The third-order valence-electron chi connectivity index (χ3n) is 3.19. The van der Waals surface area contributed by atoms with Gasteiger partial charge in [0.1, 0.15) is 0 Å². The number of carbonyl (C=O) groups is 1. The van der Waals surface area contributed by atoms with Crippen molar-refractivity contribution >= 4 is 21.6 Å². The van der Waals surface area contributed by atoms with E-state index in [4.69, 9.17) is 20.4 Å². The van der Waals surface area contributed by atoms with Crippen molar-refractivity contribution in [3.8, 4) is 0 Å². The molecular weight excluding hydrogens is 384 g/mol. The van der Waals surface area contributed by atoms with Crippen LogP contribution in [-0.4, -0.2) is 27.2 Å². The Labute approximate surface area is 156 Å². The minimum Gasteiger partial charge on any atom is -0.370 e. The molecule has 1 amide bonds. The van der Waals surface area contributed by atoms with Gasteiger partial charge >= 0.3 is 15.6 Å². The highest BCUT2D eigenvalue weighted by Crippen LogP contribution is 2.57. The highest BCUT2D eigenvalue weighted by Gasteiger charge is 2.31. The zero-order chi connectivity index (χ0) is 20.5. The average molecular weight is 419 g/mol. The summed E-state index contributed by atoms with van der Waals surface area (Å²) < 4.78 is 28.3. The minimum absolute atomic E-state index is 0.103. The highest BCUT2D eigenvalue weighted by atomic mass is 31.3. The number of rotatable bonds is 15. The van der Waals surface area contributed by atoms with Crippen molar-refractivity contribution in [2.24, 2.45) is 5.73 Å². The SMILES string of the molecule is CCCCCCCCCCCC(N)=O.CCCOP(=O)(O)OP(=O)(O)O. The second-order valence-corrected chi connectivity index (χ2v) is 8.75. The molecular formula is C15H35NO8P2. The maximum Gasteiger partial charge on any atom is 0.481 e. The smallest absolute Gasteiger partial charge is 0.370 e. The van der Waals surface area contributed by atoms with Gasteiger partial charge in [0, 0.05) is 6.42 Å². The largest absolute Gasteiger partial charge is 0.481 e. The second kappa shape index (κ2) is 16.9. The van der Waals surface area contributed by atoms with Crippen LogP contribution in [0, 0.1) is 0 Å². The molecule has 158 valence electrons. The topological polar surface area (TPSA) is 156 Å². The second-order valence-electron chi connectivity index (χ2n) is 5.92. The van der Waals surface area contributed by atoms with E-state index in [9.17, 15) is 13.9 Å². The standard InChI is InChI=1S/C12H25NO.C3H10O7P2/c1-2-3-4-5-6-7-8-9-10-11-12(13)14;1-2-3-9-12(7,8)10-11(4,5)6/h2-11H2,1H3,(H2,13,14);2-3H2,1H3,(H,7,8)(H2,4,5,6). The molecule has 0 rings (SSSR count). The zero-order valence-corrected chi connectivity index (χ0v) is 17.6. The molecule has 0 aliphatic carbocycles. The lowest BCUT2D eigenvalue weighted by Gasteiger charge is -2.11. The van der Waals surface area contributed by atoms with E-state index >= 15 is 0 Å². The lowest BCUT2D eigenvalue weighted by atomic mass is 10.1. The van der Waals surface area contributed by atoms with Crippen LogP contribution >= 0.6 is 15.6 Å². The Kier molecular flexibility index (Phi) is 18.1. The van der Waals surface area contributed by atoms with Gasteiger partial charge in [0.05, 0.1) is 6.61 Å². The summed E-state index contributed by atoms with van der Waals surface area (Å²) in [5, 5.41) is 0. The number of nitrogens with two attached hydrogens (primary N) is 1. The van der Waals surface area contributed by atoms with Gasteiger partial charge in [0.2, 0.25) is 5.91 Å². The predicted octanol–water partition coefficient (Wildman–Crippen LogP) is 4.02. The Balaban J connectivity index is 0. The van der Waals surface area contributed by atoms with Crippen LogP contribution in [-0.2, 0) is 22.8 Å². The van der Waals surface area contributed by atoms with E-state index in [-0.39, 0.29) is 12.5 Å². The van der Waals surface area contributed by atoms with E-state index in [1.54, 1.807) is 6.92 Å². The molecule has 26 heavy (non-hydrogen) atoms. The van der Waals surface area contributed by atoms with Gasteiger partial charge in [-0.1, -0.05) is 65.2 Å². The van der Waals surface area contributed by atoms with Gasteiger partial charge < -0.3 is 20.4 Å². The third-order valence-corrected chi connectivity index (χ3v) is 5.38. The first kappa shape index (κ1) is 27.9. The Morgan fingerprint density at radius 3 is 1.69 bits per heavy atom. The van der Waals surface area contributed by atoms with Gasteiger partial charge in [0.25, 0.3) is 0 Å². The fourth-order valence-corrected chi connectivity index (χ4v) is 3.65. The molecule has 5 N–H and O–H groups in total. The van der Waals surface area contributed by atoms with Crippen molar-refractivity contribution in [3.05, 3.63) is 0 Å². The summed E-state index contributed by atoms with van der Waals surface area (Å²) in [5.41, 5.74) is 5.05. The Bertz CT molecular complexity index is 441. The normalized spacial score (nSPS) is 13.6. The summed E-state index contributed by atoms with van der Waals surface area (Å²) in [6.45, 7) is 3.80. The summed E-state index contributed by atoms with van der Waals surface area (Å²) in [5.74, 6) is -0.159. The molecule has 1 unspecified atom stereocenters. The molecule has 0 bridgehead atoms. The molecule has 0 heterocycles. The van der Waals surface area contributed by atoms with Gasteiger partial charge in [-0.3, -0.25) is 9.32 Å². The van der Waals surface area contributed by atoms with E-state index in [1.807, 2.05) is 0 Å².